The maximum atomic E-state index is 11.3. The van der Waals surface area contributed by atoms with Gasteiger partial charge < -0.3 is 15.2 Å². The van der Waals surface area contributed by atoms with Crippen molar-refractivity contribution >= 4 is 5.97 Å². The van der Waals surface area contributed by atoms with Crippen molar-refractivity contribution in [2.24, 2.45) is 17.3 Å². The summed E-state index contributed by atoms with van der Waals surface area (Å²) in [4.78, 5) is 11.3. The molecule has 3 unspecified atom stereocenters. The van der Waals surface area contributed by atoms with E-state index in [0.29, 0.717) is 12.0 Å². The van der Waals surface area contributed by atoms with Crippen LogP contribution in [0.5, 0.6) is 0 Å². The molecule has 2 N–H and O–H groups in total. The predicted molar refractivity (Wildman–Crippen MR) is 80.8 cm³/mol. The molecule has 1 fully saturated rings. The highest BCUT2D eigenvalue weighted by atomic mass is 16.5. The van der Waals surface area contributed by atoms with Crippen LogP contribution >= 0.6 is 0 Å². The zero-order valence-electron chi connectivity index (χ0n) is 13.4. The van der Waals surface area contributed by atoms with E-state index in [0.717, 1.165) is 45.4 Å². The lowest BCUT2D eigenvalue weighted by Gasteiger charge is -2.46. The van der Waals surface area contributed by atoms with E-state index in [1.54, 1.807) is 0 Å². The van der Waals surface area contributed by atoms with Crippen molar-refractivity contribution in [2.75, 3.05) is 19.8 Å². The number of carboxylic acid groups (broad SMARTS) is 1. The third-order valence-corrected chi connectivity index (χ3v) is 5.03. The number of hydrogen-bond donors (Lipinski definition) is 2. The fraction of sp³-hybridized carbons (Fsp3) is 0.938. The van der Waals surface area contributed by atoms with Crippen molar-refractivity contribution in [1.29, 1.82) is 0 Å². The van der Waals surface area contributed by atoms with Crippen molar-refractivity contribution in [3.8, 4) is 0 Å². The van der Waals surface area contributed by atoms with Crippen LogP contribution in [-0.2, 0) is 9.53 Å². The van der Waals surface area contributed by atoms with Crippen LogP contribution < -0.4 is 5.32 Å². The van der Waals surface area contributed by atoms with Crippen LogP contribution in [-0.4, -0.2) is 36.9 Å². The summed E-state index contributed by atoms with van der Waals surface area (Å²) in [6.45, 7) is 10.9. The number of hydrogen-bond acceptors (Lipinski definition) is 3. The van der Waals surface area contributed by atoms with Gasteiger partial charge in [0.2, 0.25) is 0 Å². The lowest BCUT2D eigenvalue weighted by Crippen LogP contribution is -2.51. The molecule has 1 aliphatic carbocycles. The molecule has 20 heavy (non-hydrogen) atoms. The Morgan fingerprint density at radius 2 is 2.05 bits per heavy atom. The van der Waals surface area contributed by atoms with Gasteiger partial charge in [0.15, 0.2) is 0 Å². The number of aliphatic carboxylic acids is 1. The maximum absolute atomic E-state index is 11.3. The molecule has 0 aromatic carbocycles. The first-order valence-electron chi connectivity index (χ1n) is 7.95. The molecule has 4 heteroatoms. The van der Waals surface area contributed by atoms with Gasteiger partial charge in [0.1, 0.15) is 0 Å². The van der Waals surface area contributed by atoms with E-state index in [1.165, 1.54) is 0 Å². The monoisotopic (exact) mass is 285 g/mol. The largest absolute Gasteiger partial charge is 0.481 e. The van der Waals surface area contributed by atoms with E-state index in [4.69, 9.17) is 4.74 Å². The van der Waals surface area contributed by atoms with E-state index < -0.39 is 5.97 Å². The summed E-state index contributed by atoms with van der Waals surface area (Å²) in [7, 11) is 0. The molecule has 118 valence electrons. The minimum absolute atomic E-state index is 0.162. The second-order valence-corrected chi connectivity index (χ2v) is 6.60. The van der Waals surface area contributed by atoms with E-state index in [9.17, 15) is 9.90 Å². The summed E-state index contributed by atoms with van der Waals surface area (Å²) in [6, 6.07) is 0.398. The molecule has 0 aromatic heterocycles. The molecule has 1 rings (SSSR count). The zero-order chi connectivity index (χ0) is 15.2. The molecule has 0 heterocycles. The van der Waals surface area contributed by atoms with Crippen LogP contribution in [0.3, 0.4) is 0 Å². The number of rotatable bonds is 8. The van der Waals surface area contributed by atoms with Gasteiger partial charge in [0, 0.05) is 19.2 Å². The Bertz CT molecular complexity index is 304. The minimum atomic E-state index is -0.650. The van der Waals surface area contributed by atoms with E-state index >= 15 is 0 Å². The first-order valence-corrected chi connectivity index (χ1v) is 7.95. The van der Waals surface area contributed by atoms with Gasteiger partial charge in [0.25, 0.3) is 0 Å². The molecule has 0 aliphatic heterocycles. The minimum Gasteiger partial charge on any atom is -0.481 e. The maximum Gasteiger partial charge on any atom is 0.307 e. The summed E-state index contributed by atoms with van der Waals surface area (Å²) in [6.07, 6.45) is 3.99. The van der Waals surface area contributed by atoms with Gasteiger partial charge in [-0.05, 0) is 30.6 Å². The summed E-state index contributed by atoms with van der Waals surface area (Å²) in [5.41, 5.74) is -0.162. The highest BCUT2D eigenvalue weighted by molar-refractivity contribution is 5.71. The zero-order valence-corrected chi connectivity index (χ0v) is 13.4. The molecule has 1 aliphatic rings. The lowest BCUT2D eigenvalue weighted by molar-refractivity contribution is -0.150. The molecular weight excluding hydrogens is 254 g/mol. The quantitative estimate of drug-likeness (QED) is 0.673. The molecule has 0 amide bonds. The van der Waals surface area contributed by atoms with Crippen LogP contribution in [0.2, 0.25) is 0 Å². The van der Waals surface area contributed by atoms with Gasteiger partial charge in [0.05, 0.1) is 12.5 Å². The second kappa shape index (κ2) is 7.99. The Morgan fingerprint density at radius 1 is 1.35 bits per heavy atom. The van der Waals surface area contributed by atoms with E-state index in [-0.39, 0.29) is 11.3 Å². The number of nitrogens with one attached hydrogen (secondary N) is 1. The molecule has 1 saturated carbocycles. The average Bonchev–Trinajstić information content (AvgIpc) is 2.38. The second-order valence-electron chi connectivity index (χ2n) is 6.60. The van der Waals surface area contributed by atoms with E-state index in [1.807, 2.05) is 0 Å². The molecule has 0 saturated heterocycles. The van der Waals surface area contributed by atoms with Crippen molar-refractivity contribution in [2.45, 2.75) is 59.4 Å². The van der Waals surface area contributed by atoms with Crippen molar-refractivity contribution in [3.63, 3.8) is 0 Å². The van der Waals surface area contributed by atoms with Crippen LogP contribution in [0.25, 0.3) is 0 Å². The smallest absolute Gasteiger partial charge is 0.307 e. The summed E-state index contributed by atoms with van der Waals surface area (Å²) >= 11 is 0. The summed E-state index contributed by atoms with van der Waals surface area (Å²) in [5, 5.41) is 12.9. The first-order chi connectivity index (χ1) is 9.41. The Kier molecular flexibility index (Phi) is 6.96. The third-order valence-electron chi connectivity index (χ3n) is 5.03. The SMILES string of the molecule is CCCCOCCNC1CCC(C(=O)O)C(C)(C)C1C. The normalized spacial score (nSPS) is 29.3. The standard InChI is InChI=1S/C16H31NO3/c1-5-6-10-20-11-9-17-14-8-7-13(15(18)19)16(3,4)12(14)2/h12-14,17H,5-11H2,1-4H3,(H,18,19). The molecule has 4 nitrogen and oxygen atoms in total. The Balaban J connectivity index is 2.36. The van der Waals surface area contributed by atoms with Gasteiger partial charge in [-0.1, -0.05) is 34.1 Å². The number of ether oxygens (including phenoxy) is 1. The van der Waals surface area contributed by atoms with Gasteiger partial charge in [-0.3, -0.25) is 4.79 Å². The van der Waals surface area contributed by atoms with Crippen LogP contribution in [0.15, 0.2) is 0 Å². The lowest BCUT2D eigenvalue weighted by atomic mass is 9.61. The number of unbranched alkanes of at least 4 members (excludes halogenated alkanes) is 1. The van der Waals surface area contributed by atoms with Crippen LogP contribution in [0.4, 0.5) is 0 Å². The molecule has 0 bridgehead atoms. The first kappa shape index (κ1) is 17.4. The van der Waals surface area contributed by atoms with Crippen molar-refractivity contribution in [1.82, 2.24) is 5.32 Å². The summed E-state index contributed by atoms with van der Waals surface area (Å²) in [5.74, 6) is -0.521. The van der Waals surface area contributed by atoms with Crippen molar-refractivity contribution in [3.05, 3.63) is 0 Å². The fourth-order valence-corrected chi connectivity index (χ4v) is 3.19. The number of carbonyl (C=O) groups is 1. The summed E-state index contributed by atoms with van der Waals surface area (Å²) < 4.78 is 5.56. The Labute approximate surface area is 123 Å². The Hall–Kier alpha value is -0.610. The van der Waals surface area contributed by atoms with Crippen LogP contribution in [0, 0.1) is 17.3 Å². The molecule has 0 radical (unpaired) electrons. The van der Waals surface area contributed by atoms with Gasteiger partial charge in [-0.25, -0.2) is 0 Å². The van der Waals surface area contributed by atoms with Gasteiger partial charge in [-0.2, -0.15) is 0 Å². The van der Waals surface area contributed by atoms with Gasteiger partial charge in [-0.15, -0.1) is 0 Å². The van der Waals surface area contributed by atoms with Crippen molar-refractivity contribution < 1.29 is 14.6 Å². The highest BCUT2D eigenvalue weighted by Gasteiger charge is 2.45. The molecular formula is C16H31NO3. The third kappa shape index (κ3) is 4.45. The Morgan fingerprint density at radius 3 is 2.65 bits per heavy atom. The highest BCUT2D eigenvalue weighted by Crippen LogP contribution is 2.44. The fourth-order valence-electron chi connectivity index (χ4n) is 3.19. The predicted octanol–water partition coefficient (Wildman–Crippen LogP) is 2.92. The topological polar surface area (TPSA) is 58.6 Å². The van der Waals surface area contributed by atoms with Crippen LogP contribution in [0.1, 0.15) is 53.4 Å². The number of carboxylic acids is 1. The molecule has 0 spiro atoms. The molecule has 0 aromatic rings. The molecule has 3 atom stereocenters. The van der Waals surface area contributed by atoms with E-state index in [2.05, 4.69) is 33.0 Å². The van der Waals surface area contributed by atoms with Gasteiger partial charge >= 0.3 is 5.97 Å². The average molecular weight is 285 g/mol.